The van der Waals surface area contributed by atoms with Gasteiger partial charge in [-0.2, -0.15) is 10.2 Å². The van der Waals surface area contributed by atoms with Crippen LogP contribution in [-0.4, -0.2) is 23.0 Å². The Labute approximate surface area is 134 Å². The zero-order valence-corrected chi connectivity index (χ0v) is 13.2. The standard InChI is InChI=1S/C16H18N4O3/c1-3-9-19(10-4-2)16-13(11-17)18-15(23-16)12-7-5-6-8-14(12)20(21)22/h5-8H,3-4,9-10H2,1-2H3. The van der Waals surface area contributed by atoms with E-state index >= 15 is 0 Å². The van der Waals surface area contributed by atoms with Crippen LogP contribution in [0.2, 0.25) is 0 Å². The lowest BCUT2D eigenvalue weighted by Gasteiger charge is -2.20. The maximum Gasteiger partial charge on any atom is 0.282 e. The topological polar surface area (TPSA) is 96.2 Å². The summed E-state index contributed by atoms with van der Waals surface area (Å²) in [6.07, 6.45) is 1.79. The highest BCUT2D eigenvalue weighted by Crippen LogP contribution is 2.33. The van der Waals surface area contributed by atoms with Crippen molar-refractivity contribution in [2.24, 2.45) is 0 Å². The van der Waals surface area contributed by atoms with Gasteiger partial charge in [-0.3, -0.25) is 10.1 Å². The molecule has 0 aliphatic rings. The van der Waals surface area contributed by atoms with Crippen LogP contribution >= 0.6 is 0 Å². The number of hydrogen-bond acceptors (Lipinski definition) is 6. The average Bonchev–Trinajstić information content (AvgIpc) is 2.98. The van der Waals surface area contributed by atoms with Crippen LogP contribution in [0.3, 0.4) is 0 Å². The van der Waals surface area contributed by atoms with Gasteiger partial charge in [-0.15, -0.1) is 0 Å². The molecule has 0 N–H and O–H groups in total. The summed E-state index contributed by atoms with van der Waals surface area (Å²) in [7, 11) is 0. The molecule has 2 rings (SSSR count). The third-order valence-corrected chi connectivity index (χ3v) is 3.32. The number of benzene rings is 1. The third-order valence-electron chi connectivity index (χ3n) is 3.32. The smallest absolute Gasteiger partial charge is 0.282 e. The van der Waals surface area contributed by atoms with E-state index in [1.807, 2.05) is 24.8 Å². The van der Waals surface area contributed by atoms with Crippen LogP contribution in [0.1, 0.15) is 32.4 Å². The van der Waals surface area contributed by atoms with Gasteiger partial charge in [-0.1, -0.05) is 26.0 Å². The number of oxazole rings is 1. The van der Waals surface area contributed by atoms with Crippen molar-refractivity contribution in [1.82, 2.24) is 4.98 Å². The number of rotatable bonds is 7. The highest BCUT2D eigenvalue weighted by Gasteiger charge is 2.24. The summed E-state index contributed by atoms with van der Waals surface area (Å²) in [5.41, 5.74) is 0.329. The Hall–Kier alpha value is -2.88. The number of nitriles is 1. The van der Waals surface area contributed by atoms with Gasteiger partial charge in [0.15, 0.2) is 0 Å². The molecule has 0 fully saturated rings. The molecule has 1 aromatic heterocycles. The molecule has 0 atom stereocenters. The lowest BCUT2D eigenvalue weighted by atomic mass is 10.2. The second-order valence-corrected chi connectivity index (χ2v) is 5.05. The Bertz CT molecular complexity index is 727. The van der Waals surface area contributed by atoms with Crippen molar-refractivity contribution >= 4 is 11.6 Å². The number of nitro groups is 1. The van der Waals surface area contributed by atoms with Crippen LogP contribution in [0.25, 0.3) is 11.5 Å². The van der Waals surface area contributed by atoms with E-state index in [4.69, 9.17) is 4.42 Å². The van der Waals surface area contributed by atoms with Crippen molar-refractivity contribution < 1.29 is 9.34 Å². The maximum atomic E-state index is 11.2. The summed E-state index contributed by atoms with van der Waals surface area (Å²) in [4.78, 5) is 16.8. The fourth-order valence-electron chi connectivity index (χ4n) is 2.38. The molecule has 120 valence electrons. The first-order chi connectivity index (χ1) is 11.1. The van der Waals surface area contributed by atoms with E-state index in [1.165, 1.54) is 6.07 Å². The monoisotopic (exact) mass is 314 g/mol. The molecule has 0 aliphatic heterocycles. The fourth-order valence-corrected chi connectivity index (χ4v) is 2.38. The van der Waals surface area contributed by atoms with Crippen molar-refractivity contribution in [3.8, 4) is 17.5 Å². The molecule has 7 heteroatoms. The summed E-state index contributed by atoms with van der Waals surface area (Å²) in [6, 6.07) is 8.23. The minimum atomic E-state index is -0.485. The van der Waals surface area contributed by atoms with Crippen LogP contribution in [-0.2, 0) is 0 Å². The molecule has 23 heavy (non-hydrogen) atoms. The van der Waals surface area contributed by atoms with Crippen molar-refractivity contribution in [2.45, 2.75) is 26.7 Å². The average molecular weight is 314 g/mol. The van der Waals surface area contributed by atoms with E-state index in [0.717, 1.165) is 25.9 Å². The normalized spacial score (nSPS) is 10.3. The van der Waals surface area contributed by atoms with Gasteiger partial charge in [0.1, 0.15) is 11.6 Å². The molecule has 0 saturated carbocycles. The Kier molecular flexibility index (Phi) is 5.31. The lowest BCUT2D eigenvalue weighted by Crippen LogP contribution is -2.25. The van der Waals surface area contributed by atoms with Gasteiger partial charge in [0.05, 0.1) is 4.92 Å². The number of hydrogen-bond donors (Lipinski definition) is 0. The zero-order valence-electron chi connectivity index (χ0n) is 13.2. The number of nitro benzene ring substituents is 1. The molecule has 7 nitrogen and oxygen atoms in total. The third kappa shape index (κ3) is 3.48. The molecular weight excluding hydrogens is 296 g/mol. The predicted molar refractivity (Wildman–Crippen MR) is 86.1 cm³/mol. The molecular formula is C16H18N4O3. The Morgan fingerprint density at radius 1 is 1.30 bits per heavy atom. The van der Waals surface area contributed by atoms with Crippen LogP contribution in [0, 0.1) is 21.4 Å². The summed E-state index contributed by atoms with van der Waals surface area (Å²) < 4.78 is 5.74. The molecule has 0 aliphatic carbocycles. The second-order valence-electron chi connectivity index (χ2n) is 5.05. The van der Waals surface area contributed by atoms with Crippen LogP contribution in [0.5, 0.6) is 0 Å². The molecule has 0 spiro atoms. The number of anilines is 1. The van der Waals surface area contributed by atoms with Gasteiger partial charge in [0.2, 0.25) is 17.5 Å². The molecule has 1 heterocycles. The highest BCUT2D eigenvalue weighted by atomic mass is 16.6. The predicted octanol–water partition coefficient (Wildman–Crippen LogP) is 3.75. The summed E-state index contributed by atoms with van der Waals surface area (Å²) >= 11 is 0. The van der Waals surface area contributed by atoms with Crippen molar-refractivity contribution in [3.05, 3.63) is 40.1 Å². The molecule has 0 amide bonds. The first kappa shape index (κ1) is 16.5. The van der Waals surface area contributed by atoms with E-state index in [9.17, 15) is 15.4 Å². The zero-order chi connectivity index (χ0) is 16.8. The molecule has 0 unspecified atom stereocenters. The molecule has 0 saturated heterocycles. The molecule has 0 radical (unpaired) electrons. The summed E-state index contributed by atoms with van der Waals surface area (Å²) in [5.74, 6) is 0.477. The van der Waals surface area contributed by atoms with Gasteiger partial charge in [-0.05, 0) is 18.9 Å². The molecule has 0 bridgehead atoms. The van der Waals surface area contributed by atoms with Gasteiger partial charge >= 0.3 is 0 Å². The fraction of sp³-hybridized carbons (Fsp3) is 0.375. The summed E-state index contributed by atoms with van der Waals surface area (Å²) in [6.45, 7) is 5.53. The minimum Gasteiger partial charge on any atom is -0.419 e. The van der Waals surface area contributed by atoms with Crippen molar-refractivity contribution in [3.63, 3.8) is 0 Å². The minimum absolute atomic E-state index is 0.0951. The summed E-state index contributed by atoms with van der Waals surface area (Å²) in [5, 5.41) is 20.5. The highest BCUT2D eigenvalue weighted by molar-refractivity contribution is 5.68. The number of aromatic nitrogens is 1. The Morgan fingerprint density at radius 3 is 2.52 bits per heavy atom. The Morgan fingerprint density at radius 2 is 1.96 bits per heavy atom. The van der Waals surface area contributed by atoms with Crippen LogP contribution in [0.4, 0.5) is 11.6 Å². The van der Waals surface area contributed by atoms with Crippen LogP contribution < -0.4 is 4.90 Å². The lowest BCUT2D eigenvalue weighted by molar-refractivity contribution is -0.384. The van der Waals surface area contributed by atoms with E-state index in [1.54, 1.807) is 18.2 Å². The SMILES string of the molecule is CCCN(CCC)c1oc(-c2ccccc2[N+](=O)[O-])nc1C#N. The van der Waals surface area contributed by atoms with Gasteiger partial charge in [0.25, 0.3) is 5.69 Å². The Balaban J connectivity index is 2.51. The number of para-hydroxylation sites is 1. The molecule has 2 aromatic rings. The first-order valence-electron chi connectivity index (χ1n) is 7.52. The largest absolute Gasteiger partial charge is 0.419 e. The molecule has 1 aromatic carbocycles. The van der Waals surface area contributed by atoms with E-state index in [-0.39, 0.29) is 22.8 Å². The maximum absolute atomic E-state index is 11.2. The van der Waals surface area contributed by atoms with E-state index in [0.29, 0.717) is 5.88 Å². The van der Waals surface area contributed by atoms with E-state index < -0.39 is 4.92 Å². The van der Waals surface area contributed by atoms with Gasteiger partial charge < -0.3 is 9.32 Å². The van der Waals surface area contributed by atoms with Crippen molar-refractivity contribution in [2.75, 3.05) is 18.0 Å². The van der Waals surface area contributed by atoms with Gasteiger partial charge in [0, 0.05) is 19.2 Å². The second kappa shape index (κ2) is 7.40. The first-order valence-corrected chi connectivity index (χ1v) is 7.52. The van der Waals surface area contributed by atoms with Crippen LogP contribution in [0.15, 0.2) is 28.7 Å². The number of nitrogens with zero attached hydrogens (tertiary/aromatic N) is 4. The van der Waals surface area contributed by atoms with E-state index in [2.05, 4.69) is 4.98 Å². The van der Waals surface area contributed by atoms with Crippen molar-refractivity contribution in [1.29, 1.82) is 5.26 Å². The quantitative estimate of drug-likeness (QED) is 0.570. The van der Waals surface area contributed by atoms with Gasteiger partial charge in [-0.25, -0.2) is 0 Å².